The summed E-state index contributed by atoms with van der Waals surface area (Å²) >= 11 is 0. The molecule has 0 amide bonds. The van der Waals surface area contributed by atoms with Crippen LogP contribution < -0.4 is 0 Å². The maximum absolute atomic E-state index is 12.5. The Kier molecular flexibility index (Phi) is 3.53. The summed E-state index contributed by atoms with van der Waals surface area (Å²) in [5.41, 5.74) is 0.671. The predicted molar refractivity (Wildman–Crippen MR) is 85.5 cm³/mol. The fraction of sp³-hybridized carbons (Fsp3) is 0.842. The van der Waals surface area contributed by atoms with Crippen molar-refractivity contribution in [2.75, 3.05) is 6.61 Å². The number of allylic oxidation sites excluding steroid dienone is 1. The minimum atomic E-state index is -0.799. The number of hydrogen-bond donors (Lipinski definition) is 3. The Bertz CT molecular complexity index is 556. The van der Waals surface area contributed by atoms with Crippen LogP contribution in [0.3, 0.4) is 0 Å². The molecule has 0 bridgehead atoms. The third kappa shape index (κ3) is 1.98. The first-order chi connectivity index (χ1) is 10.9. The second-order valence-corrected chi connectivity index (χ2v) is 8.62. The molecule has 4 aliphatic rings. The summed E-state index contributed by atoms with van der Waals surface area (Å²) in [5, 5.41) is 30.4. The number of fused-ring (bicyclic) bond motifs is 5. The summed E-state index contributed by atoms with van der Waals surface area (Å²) in [7, 11) is 0. The highest BCUT2D eigenvalue weighted by Gasteiger charge is 2.61. The minimum Gasteiger partial charge on any atom is -0.395 e. The van der Waals surface area contributed by atoms with E-state index in [1.54, 1.807) is 0 Å². The van der Waals surface area contributed by atoms with Crippen LogP contribution in [-0.2, 0) is 4.79 Å². The van der Waals surface area contributed by atoms with Crippen LogP contribution in [0.5, 0.6) is 0 Å². The van der Waals surface area contributed by atoms with E-state index in [1.807, 2.05) is 6.92 Å². The van der Waals surface area contributed by atoms with Gasteiger partial charge in [-0.05, 0) is 62.7 Å². The van der Waals surface area contributed by atoms with Crippen molar-refractivity contribution in [3.63, 3.8) is 0 Å². The first-order valence-corrected chi connectivity index (χ1v) is 9.13. The molecule has 3 fully saturated rings. The van der Waals surface area contributed by atoms with Crippen LogP contribution in [0.2, 0.25) is 0 Å². The Balaban J connectivity index is 1.72. The molecule has 0 saturated heterocycles. The van der Waals surface area contributed by atoms with Crippen molar-refractivity contribution in [3.8, 4) is 0 Å². The van der Waals surface area contributed by atoms with Gasteiger partial charge in [-0.2, -0.15) is 0 Å². The predicted octanol–water partition coefficient (Wildman–Crippen LogP) is 1.82. The first-order valence-electron chi connectivity index (χ1n) is 9.13. The molecule has 4 nitrogen and oxygen atoms in total. The van der Waals surface area contributed by atoms with Crippen LogP contribution in [0.25, 0.3) is 0 Å². The molecule has 0 unspecified atom stereocenters. The van der Waals surface area contributed by atoms with E-state index in [0.717, 1.165) is 32.1 Å². The highest BCUT2D eigenvalue weighted by Crippen LogP contribution is 2.63. The summed E-state index contributed by atoms with van der Waals surface area (Å²) in [6, 6.07) is 0. The van der Waals surface area contributed by atoms with Crippen LogP contribution in [0.4, 0.5) is 0 Å². The van der Waals surface area contributed by atoms with Gasteiger partial charge in [-0.3, -0.25) is 4.79 Å². The Hall–Kier alpha value is -0.710. The molecule has 4 rings (SSSR count). The van der Waals surface area contributed by atoms with E-state index in [4.69, 9.17) is 0 Å². The minimum absolute atomic E-state index is 0.0350. The zero-order valence-electron chi connectivity index (χ0n) is 13.9. The van der Waals surface area contributed by atoms with Crippen LogP contribution in [-0.4, -0.2) is 39.9 Å². The van der Waals surface area contributed by atoms with Gasteiger partial charge in [-0.15, -0.1) is 0 Å². The number of Topliss-reactive ketones (excluding diaryl/α,β-unsaturated/α-hetero) is 1. The van der Waals surface area contributed by atoms with E-state index in [2.05, 4.69) is 6.08 Å². The van der Waals surface area contributed by atoms with E-state index in [9.17, 15) is 20.1 Å². The van der Waals surface area contributed by atoms with Gasteiger partial charge in [0.1, 0.15) is 6.10 Å². The fourth-order valence-electron chi connectivity index (χ4n) is 6.52. The Morgan fingerprint density at radius 1 is 1.22 bits per heavy atom. The second-order valence-electron chi connectivity index (χ2n) is 8.62. The zero-order valence-corrected chi connectivity index (χ0v) is 13.9. The van der Waals surface area contributed by atoms with E-state index in [0.29, 0.717) is 24.7 Å². The molecule has 0 aromatic carbocycles. The molecule has 3 N–H and O–H groups in total. The summed E-state index contributed by atoms with van der Waals surface area (Å²) in [6.07, 6.45) is 6.74. The van der Waals surface area contributed by atoms with Gasteiger partial charge in [0.25, 0.3) is 0 Å². The largest absolute Gasteiger partial charge is 0.395 e. The fourth-order valence-corrected chi connectivity index (χ4v) is 6.52. The molecule has 7 atom stereocenters. The van der Waals surface area contributed by atoms with Crippen molar-refractivity contribution in [2.45, 2.75) is 64.1 Å². The lowest BCUT2D eigenvalue weighted by Crippen LogP contribution is -2.53. The van der Waals surface area contributed by atoms with Crippen molar-refractivity contribution in [1.29, 1.82) is 0 Å². The number of hydrogen-bond acceptors (Lipinski definition) is 4. The Labute approximate surface area is 137 Å². The summed E-state index contributed by atoms with van der Waals surface area (Å²) in [4.78, 5) is 12.5. The lowest BCUT2D eigenvalue weighted by molar-refractivity contribution is -0.137. The molecule has 0 radical (unpaired) electrons. The van der Waals surface area contributed by atoms with Gasteiger partial charge >= 0.3 is 0 Å². The summed E-state index contributed by atoms with van der Waals surface area (Å²) < 4.78 is 0. The lowest BCUT2D eigenvalue weighted by Gasteiger charge is -2.57. The third-order valence-electron chi connectivity index (χ3n) is 7.82. The number of aliphatic hydroxyl groups is 3. The van der Waals surface area contributed by atoms with Crippen molar-refractivity contribution in [3.05, 3.63) is 11.6 Å². The average Bonchev–Trinajstić information content (AvgIpc) is 2.78. The van der Waals surface area contributed by atoms with Gasteiger partial charge in [0.2, 0.25) is 0 Å². The highest BCUT2D eigenvalue weighted by molar-refractivity contribution is 5.91. The molecule has 128 valence electrons. The van der Waals surface area contributed by atoms with Crippen LogP contribution >= 0.6 is 0 Å². The van der Waals surface area contributed by atoms with Crippen molar-refractivity contribution >= 4 is 5.78 Å². The Morgan fingerprint density at radius 2 is 2.00 bits per heavy atom. The smallest absolute Gasteiger partial charge is 0.167 e. The van der Waals surface area contributed by atoms with Crippen molar-refractivity contribution in [1.82, 2.24) is 0 Å². The molecule has 4 heteroatoms. The maximum Gasteiger partial charge on any atom is 0.167 e. The first kappa shape index (κ1) is 15.8. The molecule has 0 spiro atoms. The number of ketones is 1. The number of aliphatic hydroxyl groups excluding tert-OH is 3. The van der Waals surface area contributed by atoms with Gasteiger partial charge < -0.3 is 15.3 Å². The summed E-state index contributed by atoms with van der Waals surface area (Å²) in [6.45, 7) is 2.19. The number of carbonyl (C=O) groups is 1. The normalized spacial score (nSPS) is 52.4. The van der Waals surface area contributed by atoms with E-state index >= 15 is 0 Å². The monoisotopic (exact) mass is 320 g/mol. The van der Waals surface area contributed by atoms with Crippen molar-refractivity contribution < 1.29 is 20.1 Å². The molecular formula is C19H28O4. The topological polar surface area (TPSA) is 77.8 Å². The molecule has 23 heavy (non-hydrogen) atoms. The van der Waals surface area contributed by atoms with E-state index < -0.39 is 6.10 Å². The van der Waals surface area contributed by atoms with Gasteiger partial charge in [-0.1, -0.05) is 18.6 Å². The van der Waals surface area contributed by atoms with Crippen LogP contribution in [0, 0.1) is 28.6 Å². The lowest BCUT2D eigenvalue weighted by atomic mass is 9.47. The van der Waals surface area contributed by atoms with Gasteiger partial charge in [0.05, 0.1) is 12.7 Å². The van der Waals surface area contributed by atoms with E-state index in [1.165, 1.54) is 5.57 Å². The summed E-state index contributed by atoms with van der Waals surface area (Å²) in [5.74, 6) is 1.03. The van der Waals surface area contributed by atoms with Crippen LogP contribution in [0.1, 0.15) is 51.9 Å². The Morgan fingerprint density at radius 3 is 2.74 bits per heavy atom. The molecule has 0 heterocycles. The third-order valence-corrected chi connectivity index (χ3v) is 7.82. The molecular weight excluding hydrogens is 292 g/mol. The molecule has 4 aliphatic carbocycles. The number of rotatable bonds is 1. The average molecular weight is 320 g/mol. The van der Waals surface area contributed by atoms with E-state index in [-0.39, 0.29) is 35.2 Å². The zero-order chi connectivity index (χ0) is 16.4. The number of carbonyl (C=O) groups excluding carboxylic acids is 1. The molecule has 0 aliphatic heterocycles. The van der Waals surface area contributed by atoms with Gasteiger partial charge in [0.15, 0.2) is 5.78 Å². The quantitative estimate of drug-likeness (QED) is 0.644. The van der Waals surface area contributed by atoms with Crippen molar-refractivity contribution in [2.24, 2.45) is 28.6 Å². The standard InChI is InChI=1S/C19H28O4/c1-18-6-5-14-13(15(18)9-16(22)17(18)23)3-2-11-8-12(21)4-7-19(11,14)10-20/h2,12-16,20-22H,3-10H2,1H3/t12-,13+,14-,15-,16+,18-,19+/m0/s1. The molecule has 3 saturated carbocycles. The second kappa shape index (κ2) is 5.14. The SMILES string of the molecule is C[C@]12CC[C@H]3[C@@H](CC=C4C[C@@H](O)CC[C@@]43CO)[C@@H]1C[C@@H](O)C2=O. The van der Waals surface area contributed by atoms with Gasteiger partial charge in [-0.25, -0.2) is 0 Å². The van der Waals surface area contributed by atoms with Crippen LogP contribution in [0.15, 0.2) is 11.6 Å². The molecule has 0 aromatic heterocycles. The van der Waals surface area contributed by atoms with Gasteiger partial charge in [0, 0.05) is 10.8 Å². The molecule has 0 aromatic rings. The maximum atomic E-state index is 12.5. The highest BCUT2D eigenvalue weighted by atomic mass is 16.3.